The Morgan fingerprint density at radius 1 is 1.16 bits per heavy atom. The molecule has 0 fully saturated rings. The molecular weight excluding hydrogens is 320 g/mol. The van der Waals surface area contributed by atoms with Crippen molar-refractivity contribution in [2.24, 2.45) is 5.16 Å². The van der Waals surface area contributed by atoms with Crippen molar-refractivity contribution in [3.8, 4) is 0 Å². The predicted octanol–water partition coefficient (Wildman–Crippen LogP) is 2.53. The van der Waals surface area contributed by atoms with Crippen molar-refractivity contribution in [1.29, 1.82) is 0 Å². The van der Waals surface area contributed by atoms with Crippen LogP contribution in [0.1, 0.15) is 17.7 Å². The van der Waals surface area contributed by atoms with Crippen LogP contribution in [0.3, 0.4) is 0 Å². The quantitative estimate of drug-likeness (QED) is 0.725. The molecule has 1 aliphatic heterocycles. The number of rotatable bonds is 7. The summed E-state index contributed by atoms with van der Waals surface area (Å²) in [5.74, 6) is -0.431. The highest BCUT2D eigenvalue weighted by Crippen LogP contribution is 2.30. The number of ether oxygens (including phenoxy) is 2. The summed E-state index contributed by atoms with van der Waals surface area (Å²) in [7, 11) is 1.36. The molecule has 1 unspecified atom stereocenters. The second-order valence-corrected chi connectivity index (χ2v) is 5.89. The summed E-state index contributed by atoms with van der Waals surface area (Å²) in [4.78, 5) is 22.0. The number of hydrogen-bond donors (Lipinski definition) is 0. The molecule has 3 rings (SSSR count). The molecule has 2 heterocycles. The van der Waals surface area contributed by atoms with Gasteiger partial charge in [-0.15, -0.1) is 0 Å². The van der Waals surface area contributed by atoms with Crippen LogP contribution in [0.25, 0.3) is 0 Å². The summed E-state index contributed by atoms with van der Waals surface area (Å²) in [6.45, 7) is 0.661. The number of hydrogen-bond acceptors (Lipinski definition) is 6. The third kappa shape index (κ3) is 4.22. The van der Waals surface area contributed by atoms with Gasteiger partial charge in [0.1, 0.15) is 0 Å². The van der Waals surface area contributed by atoms with Crippen molar-refractivity contribution in [3.63, 3.8) is 0 Å². The van der Waals surface area contributed by atoms with Crippen molar-refractivity contribution in [2.45, 2.75) is 25.0 Å². The average Bonchev–Trinajstić information content (AvgIpc) is 3.07. The molecule has 25 heavy (non-hydrogen) atoms. The maximum absolute atomic E-state index is 12.3. The Morgan fingerprint density at radius 3 is 2.68 bits per heavy atom. The van der Waals surface area contributed by atoms with Gasteiger partial charge in [0, 0.05) is 19.0 Å². The number of aromatic nitrogens is 1. The van der Waals surface area contributed by atoms with Crippen LogP contribution in [0, 0.1) is 0 Å². The number of carbonyl (C=O) groups excluding carboxylic acids is 1. The van der Waals surface area contributed by atoms with Crippen molar-refractivity contribution < 1.29 is 19.1 Å². The first-order valence-corrected chi connectivity index (χ1v) is 8.06. The largest absolute Gasteiger partial charge is 0.466 e. The van der Waals surface area contributed by atoms with Crippen molar-refractivity contribution in [1.82, 2.24) is 4.98 Å². The lowest BCUT2D eigenvalue weighted by Gasteiger charge is -2.23. The molecule has 0 aliphatic carbocycles. The van der Waals surface area contributed by atoms with Gasteiger partial charge in [-0.05, 0) is 17.7 Å². The van der Waals surface area contributed by atoms with E-state index in [0.717, 1.165) is 11.3 Å². The summed E-state index contributed by atoms with van der Waals surface area (Å²) in [6.07, 6.45) is 2.46. The van der Waals surface area contributed by atoms with Gasteiger partial charge in [-0.3, -0.25) is 4.98 Å². The topological polar surface area (TPSA) is 70.0 Å². The van der Waals surface area contributed by atoms with E-state index in [2.05, 4.69) is 10.1 Å². The highest BCUT2D eigenvalue weighted by Gasteiger charge is 2.47. The first kappa shape index (κ1) is 17.1. The number of oxime groups is 1. The van der Waals surface area contributed by atoms with E-state index in [1.807, 2.05) is 48.5 Å². The van der Waals surface area contributed by atoms with Gasteiger partial charge in [0.05, 0.1) is 31.7 Å². The van der Waals surface area contributed by atoms with E-state index in [0.29, 0.717) is 25.2 Å². The summed E-state index contributed by atoms with van der Waals surface area (Å²) in [5.41, 5.74) is 1.38. The van der Waals surface area contributed by atoms with E-state index < -0.39 is 11.6 Å². The Balaban J connectivity index is 1.60. The minimum atomic E-state index is -1.13. The van der Waals surface area contributed by atoms with Crippen LogP contribution in [0.15, 0.2) is 59.9 Å². The van der Waals surface area contributed by atoms with Gasteiger partial charge in [-0.1, -0.05) is 41.6 Å². The average molecular weight is 340 g/mol. The van der Waals surface area contributed by atoms with E-state index in [1.54, 1.807) is 6.20 Å². The third-order valence-electron chi connectivity index (χ3n) is 3.97. The Bertz CT molecular complexity index is 734. The second kappa shape index (κ2) is 7.90. The summed E-state index contributed by atoms with van der Waals surface area (Å²) in [6, 6.07) is 15.3. The lowest BCUT2D eigenvalue weighted by molar-refractivity contribution is -0.166. The molecule has 1 aliphatic rings. The molecule has 0 saturated carbocycles. The molecule has 0 N–H and O–H groups in total. The normalized spacial score (nSPS) is 19.2. The number of benzene rings is 1. The first-order valence-electron chi connectivity index (χ1n) is 8.06. The fourth-order valence-electron chi connectivity index (χ4n) is 2.77. The molecule has 0 saturated heterocycles. The van der Waals surface area contributed by atoms with Crippen LogP contribution < -0.4 is 0 Å². The summed E-state index contributed by atoms with van der Waals surface area (Å²) < 4.78 is 10.6. The monoisotopic (exact) mass is 340 g/mol. The van der Waals surface area contributed by atoms with Crippen LogP contribution in [0.5, 0.6) is 0 Å². The maximum atomic E-state index is 12.3. The van der Waals surface area contributed by atoms with Gasteiger partial charge in [-0.25, -0.2) is 4.79 Å². The van der Waals surface area contributed by atoms with Gasteiger partial charge >= 0.3 is 5.97 Å². The standard InChI is InChI=1S/C19H20N2O4/c1-23-18(22)19(11-15-7-3-2-4-8-15)12-17(21-25-19)14-24-13-16-9-5-6-10-20-16/h2-10H,11-14H2,1H3. The van der Waals surface area contributed by atoms with Crippen LogP contribution in [-0.4, -0.2) is 36.0 Å². The van der Waals surface area contributed by atoms with E-state index in [4.69, 9.17) is 14.3 Å². The first-order chi connectivity index (χ1) is 12.2. The second-order valence-electron chi connectivity index (χ2n) is 5.89. The molecule has 130 valence electrons. The minimum Gasteiger partial charge on any atom is -0.466 e. The molecular formula is C19H20N2O4. The Kier molecular flexibility index (Phi) is 5.40. The molecule has 6 nitrogen and oxygen atoms in total. The van der Waals surface area contributed by atoms with Gasteiger partial charge in [0.2, 0.25) is 5.60 Å². The third-order valence-corrected chi connectivity index (χ3v) is 3.97. The van der Waals surface area contributed by atoms with Crippen LogP contribution in [0.2, 0.25) is 0 Å². The Morgan fingerprint density at radius 2 is 1.96 bits per heavy atom. The number of esters is 1. The molecule has 0 bridgehead atoms. The zero-order valence-corrected chi connectivity index (χ0v) is 14.1. The minimum absolute atomic E-state index is 0.282. The van der Waals surface area contributed by atoms with Gasteiger partial charge in [0.25, 0.3) is 0 Å². The molecule has 1 atom stereocenters. The van der Waals surface area contributed by atoms with Gasteiger partial charge < -0.3 is 14.3 Å². The van der Waals surface area contributed by atoms with Crippen LogP contribution in [-0.2, 0) is 32.1 Å². The summed E-state index contributed by atoms with van der Waals surface area (Å²) in [5, 5.41) is 4.06. The molecule has 6 heteroatoms. The molecule has 0 spiro atoms. The van der Waals surface area contributed by atoms with E-state index in [9.17, 15) is 4.79 Å². The number of carbonyl (C=O) groups is 1. The van der Waals surface area contributed by atoms with Gasteiger partial charge in [-0.2, -0.15) is 0 Å². The molecule has 0 radical (unpaired) electrons. The number of pyridine rings is 1. The SMILES string of the molecule is COC(=O)C1(Cc2ccccc2)CC(COCc2ccccn2)=NO1. The number of nitrogens with zero attached hydrogens (tertiary/aromatic N) is 2. The molecule has 2 aromatic rings. The van der Waals surface area contributed by atoms with Crippen molar-refractivity contribution >= 4 is 11.7 Å². The molecule has 0 amide bonds. The lowest BCUT2D eigenvalue weighted by Crippen LogP contribution is -2.42. The Labute approximate surface area is 146 Å². The maximum Gasteiger partial charge on any atom is 0.353 e. The fourth-order valence-corrected chi connectivity index (χ4v) is 2.77. The van der Waals surface area contributed by atoms with Crippen molar-refractivity contribution in [2.75, 3.05) is 13.7 Å². The fraction of sp³-hybridized carbons (Fsp3) is 0.316. The predicted molar refractivity (Wildman–Crippen MR) is 91.9 cm³/mol. The zero-order valence-electron chi connectivity index (χ0n) is 14.1. The molecule has 1 aromatic heterocycles. The van der Waals surface area contributed by atoms with Crippen molar-refractivity contribution in [3.05, 3.63) is 66.0 Å². The summed E-state index contributed by atoms with van der Waals surface area (Å²) >= 11 is 0. The van der Waals surface area contributed by atoms with E-state index >= 15 is 0 Å². The highest BCUT2D eigenvalue weighted by atomic mass is 16.7. The smallest absolute Gasteiger partial charge is 0.353 e. The Hall–Kier alpha value is -2.73. The van der Waals surface area contributed by atoms with Gasteiger partial charge in [0.15, 0.2) is 0 Å². The lowest BCUT2D eigenvalue weighted by atomic mass is 9.90. The molecule has 1 aromatic carbocycles. The zero-order chi connectivity index (χ0) is 17.5. The number of methoxy groups -OCH3 is 1. The highest BCUT2D eigenvalue weighted by molar-refractivity contribution is 5.94. The van der Waals surface area contributed by atoms with Crippen LogP contribution in [0.4, 0.5) is 0 Å². The van der Waals surface area contributed by atoms with Crippen LogP contribution >= 0.6 is 0 Å². The van der Waals surface area contributed by atoms with E-state index in [1.165, 1.54) is 7.11 Å². The van der Waals surface area contributed by atoms with E-state index in [-0.39, 0.29) is 6.61 Å².